The van der Waals surface area contributed by atoms with Gasteiger partial charge in [-0.15, -0.1) is 0 Å². The van der Waals surface area contributed by atoms with Crippen LogP contribution in [-0.2, 0) is 4.79 Å². The van der Waals surface area contributed by atoms with Gasteiger partial charge in [0.1, 0.15) is 0 Å². The Bertz CT molecular complexity index is 323. The van der Waals surface area contributed by atoms with Gasteiger partial charge in [0.05, 0.1) is 6.54 Å². The molecule has 2 heterocycles. The number of carbonyl (C=O) groups excluding carboxylic acids is 1. The standard InChI is InChI=1S/C15H27N3O/c1-2-18(12-7-8-12)15(19)11-17-10-4-6-14(17)13-5-3-9-16-13/h12-14,16H,2-11H2,1H3. The molecule has 1 saturated carbocycles. The van der Waals surface area contributed by atoms with E-state index in [9.17, 15) is 4.79 Å². The van der Waals surface area contributed by atoms with Gasteiger partial charge in [-0.2, -0.15) is 0 Å². The van der Waals surface area contributed by atoms with Crippen LogP contribution in [0.2, 0.25) is 0 Å². The molecule has 0 aromatic carbocycles. The van der Waals surface area contributed by atoms with E-state index in [2.05, 4.69) is 22.0 Å². The molecule has 2 atom stereocenters. The van der Waals surface area contributed by atoms with Crippen LogP contribution in [-0.4, -0.2) is 60.0 Å². The van der Waals surface area contributed by atoms with Crippen molar-refractivity contribution in [2.75, 3.05) is 26.2 Å². The topological polar surface area (TPSA) is 35.6 Å². The van der Waals surface area contributed by atoms with Crippen molar-refractivity contribution in [2.24, 2.45) is 0 Å². The Balaban J connectivity index is 1.56. The lowest BCUT2D eigenvalue weighted by Gasteiger charge is -2.31. The first kappa shape index (κ1) is 13.4. The molecular formula is C15H27N3O. The van der Waals surface area contributed by atoms with Gasteiger partial charge in [-0.05, 0) is 58.5 Å². The van der Waals surface area contributed by atoms with Crippen LogP contribution < -0.4 is 5.32 Å². The molecule has 2 aliphatic heterocycles. The molecule has 0 aromatic rings. The Morgan fingerprint density at radius 2 is 2.11 bits per heavy atom. The van der Waals surface area contributed by atoms with E-state index in [1.807, 2.05) is 0 Å². The summed E-state index contributed by atoms with van der Waals surface area (Å²) >= 11 is 0. The molecule has 3 fully saturated rings. The highest BCUT2D eigenvalue weighted by Gasteiger charge is 2.37. The Morgan fingerprint density at radius 3 is 2.74 bits per heavy atom. The fourth-order valence-electron chi connectivity index (χ4n) is 3.83. The van der Waals surface area contributed by atoms with Crippen molar-refractivity contribution < 1.29 is 4.79 Å². The highest BCUT2D eigenvalue weighted by Crippen LogP contribution is 2.28. The number of amides is 1. The summed E-state index contributed by atoms with van der Waals surface area (Å²) in [5, 5.41) is 3.61. The average Bonchev–Trinajstić information content (AvgIpc) is 2.92. The van der Waals surface area contributed by atoms with Gasteiger partial charge in [0.2, 0.25) is 5.91 Å². The molecule has 0 aromatic heterocycles. The summed E-state index contributed by atoms with van der Waals surface area (Å²) < 4.78 is 0. The average molecular weight is 265 g/mol. The summed E-state index contributed by atoms with van der Waals surface area (Å²) in [6.45, 7) is 5.90. The van der Waals surface area contributed by atoms with Crippen LogP contribution >= 0.6 is 0 Å². The van der Waals surface area contributed by atoms with Crippen LogP contribution in [0.4, 0.5) is 0 Å². The number of nitrogens with one attached hydrogen (secondary N) is 1. The van der Waals surface area contributed by atoms with Gasteiger partial charge in [0, 0.05) is 24.7 Å². The van der Waals surface area contributed by atoms with Gasteiger partial charge >= 0.3 is 0 Å². The van der Waals surface area contributed by atoms with Crippen molar-refractivity contribution in [3.05, 3.63) is 0 Å². The molecule has 2 unspecified atom stereocenters. The number of nitrogens with zero attached hydrogens (tertiary/aromatic N) is 2. The lowest BCUT2D eigenvalue weighted by Crippen LogP contribution is -2.48. The lowest BCUT2D eigenvalue weighted by molar-refractivity contribution is -0.133. The molecule has 0 spiro atoms. The highest BCUT2D eigenvalue weighted by atomic mass is 16.2. The number of hydrogen-bond donors (Lipinski definition) is 1. The van der Waals surface area contributed by atoms with Gasteiger partial charge in [-0.3, -0.25) is 9.69 Å². The van der Waals surface area contributed by atoms with Crippen molar-refractivity contribution in [2.45, 2.75) is 63.6 Å². The maximum absolute atomic E-state index is 12.4. The zero-order valence-electron chi connectivity index (χ0n) is 12.1. The van der Waals surface area contributed by atoms with Crippen LogP contribution in [0.1, 0.15) is 45.4 Å². The minimum atomic E-state index is 0.356. The summed E-state index contributed by atoms with van der Waals surface area (Å²) in [5.74, 6) is 0.356. The first-order valence-corrected chi connectivity index (χ1v) is 8.06. The van der Waals surface area contributed by atoms with E-state index in [1.54, 1.807) is 0 Å². The van der Waals surface area contributed by atoms with Crippen molar-refractivity contribution >= 4 is 5.91 Å². The van der Waals surface area contributed by atoms with Crippen LogP contribution in [0.5, 0.6) is 0 Å². The molecule has 1 amide bonds. The third-order valence-electron chi connectivity index (χ3n) is 4.96. The number of carbonyl (C=O) groups is 1. The zero-order chi connectivity index (χ0) is 13.2. The summed E-state index contributed by atoms with van der Waals surface area (Å²) in [4.78, 5) is 17.0. The normalized spacial score (nSPS) is 31.8. The Morgan fingerprint density at radius 1 is 1.26 bits per heavy atom. The predicted octanol–water partition coefficient (Wildman–Crippen LogP) is 1.21. The van der Waals surface area contributed by atoms with Crippen molar-refractivity contribution in [3.63, 3.8) is 0 Å². The van der Waals surface area contributed by atoms with Crippen molar-refractivity contribution in [1.29, 1.82) is 0 Å². The second-order valence-electron chi connectivity index (χ2n) is 6.29. The molecule has 3 rings (SSSR count). The molecule has 2 saturated heterocycles. The molecule has 1 aliphatic carbocycles. The molecule has 0 radical (unpaired) electrons. The minimum absolute atomic E-state index is 0.356. The van der Waals surface area contributed by atoms with Crippen LogP contribution in [0.3, 0.4) is 0 Å². The minimum Gasteiger partial charge on any atom is -0.339 e. The first-order chi connectivity index (χ1) is 9.29. The smallest absolute Gasteiger partial charge is 0.236 e. The maximum atomic E-state index is 12.4. The first-order valence-electron chi connectivity index (χ1n) is 8.06. The predicted molar refractivity (Wildman–Crippen MR) is 76.0 cm³/mol. The van der Waals surface area contributed by atoms with Crippen molar-refractivity contribution in [3.8, 4) is 0 Å². The fraction of sp³-hybridized carbons (Fsp3) is 0.933. The number of hydrogen-bond acceptors (Lipinski definition) is 3. The van der Waals surface area contributed by atoms with Crippen LogP contribution in [0.25, 0.3) is 0 Å². The van der Waals surface area contributed by atoms with Gasteiger partial charge in [0.15, 0.2) is 0 Å². The third-order valence-corrected chi connectivity index (χ3v) is 4.96. The van der Waals surface area contributed by atoms with Gasteiger partial charge in [-0.1, -0.05) is 0 Å². The van der Waals surface area contributed by atoms with E-state index in [4.69, 9.17) is 0 Å². The molecule has 4 nitrogen and oxygen atoms in total. The molecular weight excluding hydrogens is 238 g/mol. The summed E-state index contributed by atoms with van der Waals surface area (Å²) in [6.07, 6.45) is 7.54. The number of likely N-dealkylation sites (tertiary alicyclic amines) is 1. The van der Waals surface area contributed by atoms with E-state index in [0.717, 1.165) is 19.6 Å². The van der Waals surface area contributed by atoms with E-state index >= 15 is 0 Å². The SMILES string of the molecule is CCN(C(=O)CN1CCCC1C1CCCN1)C1CC1. The van der Waals surface area contributed by atoms with E-state index in [-0.39, 0.29) is 0 Å². The molecule has 108 valence electrons. The molecule has 3 aliphatic rings. The number of likely N-dealkylation sites (N-methyl/N-ethyl adjacent to an activating group) is 1. The molecule has 4 heteroatoms. The van der Waals surface area contributed by atoms with Crippen LogP contribution in [0.15, 0.2) is 0 Å². The summed E-state index contributed by atoms with van der Waals surface area (Å²) in [5.41, 5.74) is 0. The number of rotatable bonds is 5. The third kappa shape index (κ3) is 2.95. The lowest BCUT2D eigenvalue weighted by atomic mass is 10.0. The van der Waals surface area contributed by atoms with Gasteiger partial charge in [0.25, 0.3) is 0 Å². The Kier molecular flexibility index (Phi) is 4.08. The molecule has 1 N–H and O–H groups in total. The van der Waals surface area contributed by atoms with E-state index < -0.39 is 0 Å². The molecule has 0 bridgehead atoms. The Labute approximate surface area is 116 Å². The summed E-state index contributed by atoms with van der Waals surface area (Å²) in [7, 11) is 0. The summed E-state index contributed by atoms with van der Waals surface area (Å²) in [6, 6.07) is 1.79. The second kappa shape index (κ2) is 5.80. The maximum Gasteiger partial charge on any atom is 0.236 e. The largest absolute Gasteiger partial charge is 0.339 e. The van der Waals surface area contributed by atoms with Crippen molar-refractivity contribution in [1.82, 2.24) is 15.1 Å². The van der Waals surface area contributed by atoms with Crippen LogP contribution in [0, 0.1) is 0 Å². The van der Waals surface area contributed by atoms with E-state index in [1.165, 1.54) is 38.5 Å². The highest BCUT2D eigenvalue weighted by molar-refractivity contribution is 5.79. The van der Waals surface area contributed by atoms with E-state index in [0.29, 0.717) is 30.6 Å². The second-order valence-corrected chi connectivity index (χ2v) is 6.29. The fourth-order valence-corrected chi connectivity index (χ4v) is 3.83. The van der Waals surface area contributed by atoms with Gasteiger partial charge < -0.3 is 10.2 Å². The zero-order valence-corrected chi connectivity index (χ0v) is 12.1. The Hall–Kier alpha value is -0.610. The monoisotopic (exact) mass is 265 g/mol. The molecule has 19 heavy (non-hydrogen) atoms. The van der Waals surface area contributed by atoms with Gasteiger partial charge in [-0.25, -0.2) is 0 Å². The quantitative estimate of drug-likeness (QED) is 0.812.